The van der Waals surface area contributed by atoms with Crippen molar-refractivity contribution in [2.45, 2.75) is 40.7 Å². The van der Waals surface area contributed by atoms with E-state index in [1.807, 2.05) is 13.8 Å². The van der Waals surface area contributed by atoms with Gasteiger partial charge in [-0.05, 0) is 43.5 Å². The third kappa shape index (κ3) is 6.06. The van der Waals surface area contributed by atoms with Crippen molar-refractivity contribution in [2.24, 2.45) is 0 Å². The Hall–Kier alpha value is -1.07. The number of ether oxygens (including phenoxy) is 1. The van der Waals surface area contributed by atoms with Crippen LogP contribution in [0.1, 0.15) is 37.0 Å². The first-order valence-electron chi connectivity index (χ1n) is 7.53. The molecule has 0 heterocycles. The molecule has 4 nitrogen and oxygen atoms in total. The molecule has 0 aliphatic heterocycles. The van der Waals surface area contributed by atoms with Gasteiger partial charge >= 0.3 is 0 Å². The first-order chi connectivity index (χ1) is 9.89. The van der Waals surface area contributed by atoms with Crippen molar-refractivity contribution in [1.82, 2.24) is 5.32 Å². The van der Waals surface area contributed by atoms with Crippen molar-refractivity contribution in [2.75, 3.05) is 24.7 Å². The molecule has 1 N–H and O–H groups in total. The van der Waals surface area contributed by atoms with Crippen LogP contribution in [0.4, 0.5) is 0 Å². The summed E-state index contributed by atoms with van der Waals surface area (Å²) in [6.07, 6.45) is 0.536. The fourth-order valence-electron chi connectivity index (χ4n) is 2.24. The Kier molecular flexibility index (Phi) is 7.18. The van der Waals surface area contributed by atoms with Crippen molar-refractivity contribution in [3.05, 3.63) is 28.8 Å². The van der Waals surface area contributed by atoms with E-state index in [0.29, 0.717) is 13.0 Å². The van der Waals surface area contributed by atoms with Gasteiger partial charge in [0.25, 0.3) is 0 Å². The highest BCUT2D eigenvalue weighted by Crippen LogP contribution is 2.25. The summed E-state index contributed by atoms with van der Waals surface area (Å²) in [7, 11) is -2.90. The second kappa shape index (κ2) is 8.39. The molecule has 5 heteroatoms. The molecule has 0 aliphatic carbocycles. The van der Waals surface area contributed by atoms with E-state index in [9.17, 15) is 8.42 Å². The Labute approximate surface area is 128 Å². The van der Waals surface area contributed by atoms with Gasteiger partial charge in [0.05, 0.1) is 12.4 Å². The number of hydrogen-bond acceptors (Lipinski definition) is 4. The number of benzene rings is 1. The fraction of sp³-hybridized carbons (Fsp3) is 0.625. The lowest BCUT2D eigenvalue weighted by Crippen LogP contribution is -2.13. The number of sulfone groups is 1. The summed E-state index contributed by atoms with van der Waals surface area (Å²) in [6.45, 7) is 10.1. The van der Waals surface area contributed by atoms with Gasteiger partial charge in [-0.2, -0.15) is 0 Å². The van der Waals surface area contributed by atoms with Crippen LogP contribution in [-0.4, -0.2) is 33.1 Å². The van der Waals surface area contributed by atoms with Crippen LogP contribution < -0.4 is 10.1 Å². The van der Waals surface area contributed by atoms with E-state index in [-0.39, 0.29) is 11.5 Å². The van der Waals surface area contributed by atoms with E-state index in [1.165, 1.54) is 5.56 Å². The van der Waals surface area contributed by atoms with E-state index < -0.39 is 9.84 Å². The third-order valence-electron chi connectivity index (χ3n) is 3.39. The Bertz CT molecular complexity index is 530. The predicted molar refractivity (Wildman–Crippen MR) is 87.7 cm³/mol. The van der Waals surface area contributed by atoms with Gasteiger partial charge in [-0.3, -0.25) is 0 Å². The average Bonchev–Trinajstić information content (AvgIpc) is 2.43. The van der Waals surface area contributed by atoms with Crippen LogP contribution in [0.25, 0.3) is 0 Å². The zero-order valence-corrected chi connectivity index (χ0v) is 14.3. The van der Waals surface area contributed by atoms with E-state index >= 15 is 0 Å². The first kappa shape index (κ1) is 18.0. The Morgan fingerprint density at radius 2 is 1.76 bits per heavy atom. The number of nitrogens with one attached hydrogen (secondary N) is 1. The van der Waals surface area contributed by atoms with Crippen molar-refractivity contribution in [3.8, 4) is 5.75 Å². The molecule has 0 amide bonds. The molecule has 0 spiro atoms. The predicted octanol–water partition coefficient (Wildman–Crippen LogP) is 2.62. The van der Waals surface area contributed by atoms with Gasteiger partial charge in [0, 0.05) is 12.3 Å². The lowest BCUT2D eigenvalue weighted by Gasteiger charge is -2.14. The molecule has 1 aromatic rings. The van der Waals surface area contributed by atoms with Crippen molar-refractivity contribution < 1.29 is 13.2 Å². The molecule has 0 radical (unpaired) electrons. The number of rotatable bonds is 9. The van der Waals surface area contributed by atoms with Gasteiger partial charge in [0.1, 0.15) is 15.6 Å². The van der Waals surface area contributed by atoms with Crippen LogP contribution >= 0.6 is 0 Å². The summed E-state index contributed by atoms with van der Waals surface area (Å²) >= 11 is 0. The zero-order valence-electron chi connectivity index (χ0n) is 13.5. The molecule has 21 heavy (non-hydrogen) atoms. The Morgan fingerprint density at radius 3 is 2.29 bits per heavy atom. The molecule has 0 saturated heterocycles. The van der Waals surface area contributed by atoms with Crippen LogP contribution in [0.3, 0.4) is 0 Å². The molecule has 0 bridgehead atoms. The molecule has 0 fully saturated rings. The van der Waals surface area contributed by atoms with Gasteiger partial charge in [0.15, 0.2) is 0 Å². The van der Waals surface area contributed by atoms with E-state index in [1.54, 1.807) is 6.92 Å². The average molecular weight is 313 g/mol. The monoisotopic (exact) mass is 313 g/mol. The maximum atomic E-state index is 11.4. The van der Waals surface area contributed by atoms with Gasteiger partial charge in [-0.25, -0.2) is 8.42 Å². The van der Waals surface area contributed by atoms with Gasteiger partial charge in [-0.15, -0.1) is 0 Å². The highest BCUT2D eigenvalue weighted by molar-refractivity contribution is 7.91. The topological polar surface area (TPSA) is 55.4 Å². The molecule has 0 unspecified atom stereocenters. The SMILES string of the molecule is CCNCc1cc(C)c(OCCCS(=O)(=O)CC)c(C)c1. The molecule has 120 valence electrons. The minimum Gasteiger partial charge on any atom is -0.493 e. The van der Waals surface area contributed by atoms with Crippen molar-refractivity contribution >= 4 is 9.84 Å². The Morgan fingerprint density at radius 1 is 1.14 bits per heavy atom. The van der Waals surface area contributed by atoms with Crippen molar-refractivity contribution in [3.63, 3.8) is 0 Å². The van der Waals surface area contributed by atoms with E-state index in [2.05, 4.69) is 24.4 Å². The summed E-state index contributed by atoms with van der Waals surface area (Å²) in [5.41, 5.74) is 3.44. The maximum absolute atomic E-state index is 11.4. The molecule has 0 aromatic heterocycles. The van der Waals surface area contributed by atoms with Crippen LogP contribution in [0.2, 0.25) is 0 Å². The highest BCUT2D eigenvalue weighted by Gasteiger charge is 2.09. The minimum atomic E-state index is -2.90. The number of hydrogen-bond donors (Lipinski definition) is 1. The molecular formula is C16H27NO3S. The van der Waals surface area contributed by atoms with E-state index in [0.717, 1.165) is 30.0 Å². The quantitative estimate of drug-likeness (QED) is 0.712. The summed E-state index contributed by atoms with van der Waals surface area (Å²) in [5.74, 6) is 1.27. The normalized spacial score (nSPS) is 11.6. The second-order valence-corrected chi connectivity index (χ2v) is 7.75. The smallest absolute Gasteiger partial charge is 0.150 e. The maximum Gasteiger partial charge on any atom is 0.150 e. The fourth-order valence-corrected chi connectivity index (χ4v) is 3.08. The number of aryl methyl sites for hydroxylation is 2. The first-order valence-corrected chi connectivity index (χ1v) is 9.35. The van der Waals surface area contributed by atoms with Crippen LogP contribution in [-0.2, 0) is 16.4 Å². The molecule has 0 saturated carbocycles. The van der Waals surface area contributed by atoms with Gasteiger partial charge in [-0.1, -0.05) is 26.0 Å². The third-order valence-corrected chi connectivity index (χ3v) is 5.18. The lowest BCUT2D eigenvalue weighted by molar-refractivity contribution is 0.313. The minimum absolute atomic E-state index is 0.195. The van der Waals surface area contributed by atoms with Crippen LogP contribution in [0.15, 0.2) is 12.1 Å². The molecule has 1 aromatic carbocycles. The molecule has 0 aliphatic rings. The lowest BCUT2D eigenvalue weighted by atomic mass is 10.1. The standard InChI is InChI=1S/C16H27NO3S/c1-5-17-12-15-10-13(3)16(14(4)11-15)20-8-7-9-21(18,19)6-2/h10-11,17H,5-9,12H2,1-4H3. The zero-order chi connectivity index (χ0) is 15.9. The summed E-state index contributed by atoms with van der Waals surface area (Å²) in [5, 5.41) is 3.31. The second-order valence-electron chi connectivity index (χ2n) is 5.28. The summed E-state index contributed by atoms with van der Waals surface area (Å²) < 4.78 is 28.6. The molecule has 1 rings (SSSR count). The van der Waals surface area contributed by atoms with Gasteiger partial charge < -0.3 is 10.1 Å². The largest absolute Gasteiger partial charge is 0.493 e. The Balaban J connectivity index is 2.59. The molecular weight excluding hydrogens is 286 g/mol. The van der Waals surface area contributed by atoms with Gasteiger partial charge in [0.2, 0.25) is 0 Å². The highest BCUT2D eigenvalue weighted by atomic mass is 32.2. The summed E-state index contributed by atoms with van der Waals surface area (Å²) in [4.78, 5) is 0. The van der Waals surface area contributed by atoms with Crippen LogP contribution in [0, 0.1) is 13.8 Å². The van der Waals surface area contributed by atoms with E-state index in [4.69, 9.17) is 4.74 Å². The van der Waals surface area contributed by atoms with Crippen molar-refractivity contribution in [1.29, 1.82) is 0 Å². The van der Waals surface area contributed by atoms with Crippen LogP contribution in [0.5, 0.6) is 5.75 Å². The summed E-state index contributed by atoms with van der Waals surface area (Å²) in [6, 6.07) is 4.24. The molecule has 0 atom stereocenters.